The standard InChI is InChI=1S/C23H20BrF4N7O/c1-12-10-33(20-13(8-29)9-30-19-15(20)2-3-16(24)18(19)25)5-4-14(12)21(36)34-6-7-35-17(11-34)31-32-22(35)23(26,27)28/h2-3,9,12,14H,4-7,10-11H2,1H3. The quantitative estimate of drug-likeness (QED) is 0.434. The lowest BCUT2D eigenvalue weighted by Crippen LogP contribution is -2.49. The average Bonchev–Trinajstić information content (AvgIpc) is 3.29. The zero-order valence-corrected chi connectivity index (χ0v) is 20.6. The van der Waals surface area contributed by atoms with E-state index in [-0.39, 0.29) is 53.2 Å². The summed E-state index contributed by atoms with van der Waals surface area (Å²) in [6, 6.07) is 5.42. The largest absolute Gasteiger partial charge is 0.451 e. The Labute approximate surface area is 211 Å². The van der Waals surface area contributed by atoms with Crippen molar-refractivity contribution in [2.24, 2.45) is 11.8 Å². The lowest BCUT2D eigenvalue weighted by atomic mass is 9.85. The fraction of sp³-hybridized carbons (Fsp3) is 0.435. The van der Waals surface area contributed by atoms with Gasteiger partial charge in [-0.05, 0) is 40.4 Å². The maximum absolute atomic E-state index is 14.7. The van der Waals surface area contributed by atoms with Crippen LogP contribution in [0.1, 0.15) is 30.6 Å². The molecule has 5 rings (SSSR count). The van der Waals surface area contributed by atoms with Gasteiger partial charge in [-0.2, -0.15) is 18.4 Å². The highest BCUT2D eigenvalue weighted by atomic mass is 79.9. The van der Waals surface area contributed by atoms with Gasteiger partial charge in [0, 0.05) is 43.7 Å². The number of hydrogen-bond acceptors (Lipinski definition) is 6. The summed E-state index contributed by atoms with van der Waals surface area (Å²) in [5.74, 6) is -2.05. The molecule has 4 heterocycles. The van der Waals surface area contributed by atoms with Gasteiger partial charge >= 0.3 is 6.18 Å². The summed E-state index contributed by atoms with van der Waals surface area (Å²) in [5, 5.41) is 17.1. The first kappa shape index (κ1) is 24.4. The normalized spacial score (nSPS) is 20.4. The Morgan fingerprint density at radius 1 is 1.22 bits per heavy atom. The van der Waals surface area contributed by atoms with Crippen LogP contribution in [0, 0.1) is 29.0 Å². The number of amides is 1. The summed E-state index contributed by atoms with van der Waals surface area (Å²) in [4.78, 5) is 21.0. The molecule has 188 valence electrons. The Morgan fingerprint density at radius 2 is 2.00 bits per heavy atom. The summed E-state index contributed by atoms with van der Waals surface area (Å²) >= 11 is 3.16. The molecule has 0 spiro atoms. The SMILES string of the molecule is CC1CN(c2c(C#N)cnc3c(F)c(Br)ccc23)CCC1C(=O)N1CCn2c(nnc2C(F)(F)F)C1. The maximum Gasteiger partial charge on any atom is 0.451 e. The molecule has 2 aromatic heterocycles. The van der Waals surface area contributed by atoms with Crippen LogP contribution in [0.5, 0.6) is 0 Å². The van der Waals surface area contributed by atoms with Crippen LogP contribution in [0.15, 0.2) is 22.8 Å². The third kappa shape index (κ3) is 4.07. The van der Waals surface area contributed by atoms with Gasteiger partial charge in [-0.25, -0.2) is 4.39 Å². The third-order valence-electron chi connectivity index (χ3n) is 6.88. The first-order chi connectivity index (χ1) is 17.1. The lowest BCUT2D eigenvalue weighted by molar-refractivity contribution is -0.148. The van der Waals surface area contributed by atoms with Gasteiger partial charge in [-0.15, -0.1) is 10.2 Å². The van der Waals surface area contributed by atoms with E-state index in [0.717, 1.165) is 4.57 Å². The third-order valence-corrected chi connectivity index (χ3v) is 7.49. The minimum Gasteiger partial charge on any atom is -0.370 e. The Kier molecular flexibility index (Phi) is 6.10. The van der Waals surface area contributed by atoms with Crippen molar-refractivity contribution in [1.29, 1.82) is 5.26 Å². The van der Waals surface area contributed by atoms with E-state index in [9.17, 15) is 27.6 Å². The average molecular weight is 566 g/mol. The van der Waals surface area contributed by atoms with Gasteiger partial charge in [0.2, 0.25) is 11.7 Å². The Morgan fingerprint density at radius 3 is 2.69 bits per heavy atom. The molecule has 0 saturated carbocycles. The van der Waals surface area contributed by atoms with Crippen molar-refractivity contribution in [2.75, 3.05) is 24.5 Å². The number of aromatic nitrogens is 4. The number of carbonyl (C=O) groups excluding carboxylic acids is 1. The highest BCUT2D eigenvalue weighted by Gasteiger charge is 2.41. The molecule has 1 saturated heterocycles. The van der Waals surface area contributed by atoms with Crippen molar-refractivity contribution in [2.45, 2.75) is 32.6 Å². The smallest absolute Gasteiger partial charge is 0.370 e. The van der Waals surface area contributed by atoms with Crippen LogP contribution >= 0.6 is 15.9 Å². The zero-order chi connectivity index (χ0) is 25.8. The van der Waals surface area contributed by atoms with E-state index in [1.807, 2.05) is 11.8 Å². The number of carbonyl (C=O) groups is 1. The number of fused-ring (bicyclic) bond motifs is 2. The van der Waals surface area contributed by atoms with Crippen LogP contribution in [-0.4, -0.2) is 50.2 Å². The number of alkyl halides is 3. The summed E-state index contributed by atoms with van der Waals surface area (Å²) in [5.41, 5.74) is 1.05. The number of piperidine rings is 1. The topological polar surface area (TPSA) is 90.9 Å². The summed E-state index contributed by atoms with van der Waals surface area (Å²) in [6.45, 7) is 2.91. The van der Waals surface area contributed by atoms with Crippen LogP contribution in [-0.2, 0) is 24.1 Å². The number of hydrogen-bond donors (Lipinski definition) is 0. The second-order valence-electron chi connectivity index (χ2n) is 9.06. The Balaban J connectivity index is 1.35. The number of nitriles is 1. The second kappa shape index (κ2) is 8.99. The molecule has 1 amide bonds. The molecule has 2 atom stereocenters. The van der Waals surface area contributed by atoms with E-state index in [1.165, 1.54) is 11.1 Å². The Bertz CT molecular complexity index is 1400. The Hall–Kier alpha value is -3.27. The highest BCUT2D eigenvalue weighted by Crippen LogP contribution is 2.37. The van der Waals surface area contributed by atoms with Crippen molar-refractivity contribution in [3.8, 4) is 6.07 Å². The van der Waals surface area contributed by atoms with E-state index in [0.29, 0.717) is 36.1 Å². The van der Waals surface area contributed by atoms with Crippen LogP contribution in [0.25, 0.3) is 10.9 Å². The van der Waals surface area contributed by atoms with E-state index in [4.69, 9.17) is 0 Å². The van der Waals surface area contributed by atoms with E-state index >= 15 is 0 Å². The molecule has 2 unspecified atom stereocenters. The van der Waals surface area contributed by atoms with Crippen molar-refractivity contribution < 1.29 is 22.4 Å². The first-order valence-corrected chi connectivity index (χ1v) is 12.1. The predicted molar refractivity (Wildman–Crippen MR) is 124 cm³/mol. The molecule has 36 heavy (non-hydrogen) atoms. The zero-order valence-electron chi connectivity index (χ0n) is 19.1. The monoisotopic (exact) mass is 565 g/mol. The molecule has 8 nitrogen and oxygen atoms in total. The van der Waals surface area contributed by atoms with Crippen molar-refractivity contribution in [3.63, 3.8) is 0 Å². The van der Waals surface area contributed by atoms with Crippen molar-refractivity contribution in [3.05, 3.63) is 45.8 Å². The molecule has 2 aliphatic rings. The molecule has 2 aliphatic heterocycles. The van der Waals surface area contributed by atoms with E-state index in [1.54, 1.807) is 12.1 Å². The molecule has 0 radical (unpaired) electrons. The molecule has 1 aromatic carbocycles. The predicted octanol–water partition coefficient (Wildman–Crippen LogP) is 4.12. The van der Waals surface area contributed by atoms with Crippen LogP contribution in [0.4, 0.5) is 23.2 Å². The van der Waals surface area contributed by atoms with Gasteiger partial charge < -0.3 is 14.4 Å². The lowest BCUT2D eigenvalue weighted by Gasteiger charge is -2.40. The molecule has 0 N–H and O–H groups in total. The molecular weight excluding hydrogens is 546 g/mol. The van der Waals surface area contributed by atoms with Gasteiger partial charge in [-0.3, -0.25) is 9.78 Å². The minimum atomic E-state index is -4.60. The van der Waals surface area contributed by atoms with Gasteiger partial charge in [-0.1, -0.05) is 6.92 Å². The highest BCUT2D eigenvalue weighted by molar-refractivity contribution is 9.10. The molecule has 13 heteroatoms. The fourth-order valence-electron chi connectivity index (χ4n) is 5.12. The number of nitrogens with zero attached hydrogens (tertiary/aromatic N) is 7. The maximum atomic E-state index is 14.7. The molecule has 0 aliphatic carbocycles. The fourth-order valence-corrected chi connectivity index (χ4v) is 5.44. The minimum absolute atomic E-state index is 0.0220. The number of pyridine rings is 1. The van der Waals surface area contributed by atoms with Crippen LogP contribution < -0.4 is 4.90 Å². The molecular formula is C23H20BrF4N7O. The second-order valence-corrected chi connectivity index (χ2v) is 9.91. The van der Waals surface area contributed by atoms with Crippen molar-refractivity contribution in [1.82, 2.24) is 24.6 Å². The summed E-state index contributed by atoms with van der Waals surface area (Å²) < 4.78 is 55.3. The number of benzene rings is 1. The van der Waals surface area contributed by atoms with Crippen molar-refractivity contribution >= 4 is 38.4 Å². The van der Waals surface area contributed by atoms with Gasteiger partial charge in [0.25, 0.3) is 0 Å². The number of rotatable bonds is 2. The first-order valence-electron chi connectivity index (χ1n) is 11.3. The van der Waals surface area contributed by atoms with Gasteiger partial charge in [0.1, 0.15) is 11.6 Å². The van der Waals surface area contributed by atoms with Gasteiger partial charge in [0.15, 0.2) is 11.6 Å². The van der Waals surface area contributed by atoms with E-state index in [2.05, 4.69) is 37.2 Å². The summed E-state index contributed by atoms with van der Waals surface area (Å²) in [6.07, 6.45) is -2.77. The van der Waals surface area contributed by atoms with Crippen LogP contribution in [0.3, 0.4) is 0 Å². The summed E-state index contributed by atoms with van der Waals surface area (Å²) in [7, 11) is 0. The number of anilines is 1. The van der Waals surface area contributed by atoms with Crippen LogP contribution in [0.2, 0.25) is 0 Å². The molecule has 3 aromatic rings. The molecule has 0 bridgehead atoms. The number of halogens is 5. The van der Waals surface area contributed by atoms with E-state index < -0.39 is 17.8 Å². The van der Waals surface area contributed by atoms with Gasteiger partial charge in [0.05, 0.1) is 22.3 Å². The molecule has 1 fully saturated rings.